The maximum atomic E-state index is 13.6. The van der Waals surface area contributed by atoms with Crippen molar-refractivity contribution in [2.45, 2.75) is 13.5 Å². The molecule has 0 aliphatic heterocycles. The molecule has 26 heavy (non-hydrogen) atoms. The summed E-state index contributed by atoms with van der Waals surface area (Å²) in [5.41, 5.74) is 2.34. The molecule has 0 aliphatic carbocycles. The lowest BCUT2D eigenvalue weighted by atomic mass is 10.2. The van der Waals surface area contributed by atoms with Crippen LogP contribution in [0.4, 0.5) is 16.0 Å². The average molecular weight is 371 g/mol. The van der Waals surface area contributed by atoms with Gasteiger partial charge in [-0.05, 0) is 30.7 Å². The van der Waals surface area contributed by atoms with Crippen LogP contribution in [0, 0.1) is 12.7 Å². The summed E-state index contributed by atoms with van der Waals surface area (Å²) in [4.78, 5) is 20.5. The Morgan fingerprint density at radius 2 is 1.88 bits per heavy atom. The number of aromatic nitrogens is 2. The van der Waals surface area contributed by atoms with Gasteiger partial charge in [-0.15, -0.1) is 0 Å². The first kappa shape index (κ1) is 17.8. The summed E-state index contributed by atoms with van der Waals surface area (Å²) >= 11 is 5.95. The molecule has 132 valence electrons. The molecule has 2 N–H and O–H groups in total. The van der Waals surface area contributed by atoms with Gasteiger partial charge in [0.25, 0.3) is 5.91 Å². The molecule has 0 radical (unpaired) electrons. The van der Waals surface area contributed by atoms with Crippen molar-refractivity contribution in [1.82, 2.24) is 9.97 Å². The van der Waals surface area contributed by atoms with E-state index in [0.29, 0.717) is 27.8 Å². The first-order chi connectivity index (χ1) is 12.5. The zero-order chi connectivity index (χ0) is 18.5. The molecule has 1 aromatic heterocycles. The van der Waals surface area contributed by atoms with Gasteiger partial charge in [0.15, 0.2) is 0 Å². The van der Waals surface area contributed by atoms with E-state index in [-0.39, 0.29) is 18.3 Å². The zero-order valence-electron chi connectivity index (χ0n) is 14.0. The van der Waals surface area contributed by atoms with E-state index < -0.39 is 0 Å². The van der Waals surface area contributed by atoms with E-state index in [9.17, 15) is 9.18 Å². The van der Waals surface area contributed by atoms with Gasteiger partial charge >= 0.3 is 0 Å². The first-order valence-electron chi connectivity index (χ1n) is 7.90. The van der Waals surface area contributed by atoms with Gasteiger partial charge in [-0.2, -0.15) is 0 Å². The number of hydrogen-bond acceptors (Lipinski definition) is 4. The van der Waals surface area contributed by atoms with Crippen LogP contribution in [0.25, 0.3) is 0 Å². The summed E-state index contributed by atoms with van der Waals surface area (Å²) in [6.07, 6.45) is 2.82. The molecule has 1 amide bonds. The molecule has 1 heterocycles. The van der Waals surface area contributed by atoms with Crippen LogP contribution in [-0.4, -0.2) is 15.9 Å². The van der Waals surface area contributed by atoms with E-state index in [2.05, 4.69) is 20.6 Å². The molecule has 0 fully saturated rings. The lowest BCUT2D eigenvalue weighted by molar-refractivity contribution is 0.102. The Morgan fingerprint density at radius 3 is 2.62 bits per heavy atom. The number of hydrogen-bond donors (Lipinski definition) is 2. The molecule has 2 aromatic carbocycles. The topological polar surface area (TPSA) is 66.9 Å². The monoisotopic (exact) mass is 370 g/mol. The van der Waals surface area contributed by atoms with Crippen LogP contribution in [0.15, 0.2) is 54.9 Å². The third-order valence-corrected chi connectivity index (χ3v) is 3.99. The first-order valence-corrected chi connectivity index (χ1v) is 8.27. The molecule has 3 rings (SSSR count). The van der Waals surface area contributed by atoms with Crippen molar-refractivity contribution in [3.63, 3.8) is 0 Å². The zero-order valence-corrected chi connectivity index (χ0v) is 14.7. The Bertz CT molecular complexity index is 931. The SMILES string of the molecule is Cc1ccc(Cl)cc1NC(=O)c1cnc(NCc2ccccc2F)nc1. The van der Waals surface area contributed by atoms with Gasteiger partial charge in [-0.1, -0.05) is 35.9 Å². The number of anilines is 2. The minimum absolute atomic E-state index is 0.250. The van der Waals surface area contributed by atoms with Crippen LogP contribution in [-0.2, 0) is 6.54 Å². The standard InChI is InChI=1S/C19H16ClFN4O/c1-12-6-7-15(20)8-17(12)25-18(26)14-10-23-19(24-11-14)22-9-13-4-2-3-5-16(13)21/h2-8,10-11H,9H2,1H3,(H,25,26)(H,22,23,24). The van der Waals surface area contributed by atoms with Crippen LogP contribution in [0.5, 0.6) is 0 Å². The third-order valence-electron chi connectivity index (χ3n) is 3.76. The fourth-order valence-electron chi connectivity index (χ4n) is 2.28. The van der Waals surface area contributed by atoms with E-state index >= 15 is 0 Å². The summed E-state index contributed by atoms with van der Waals surface area (Å²) in [6, 6.07) is 11.7. The van der Waals surface area contributed by atoms with E-state index in [1.807, 2.05) is 13.0 Å². The highest BCUT2D eigenvalue weighted by atomic mass is 35.5. The van der Waals surface area contributed by atoms with Gasteiger partial charge in [-0.25, -0.2) is 14.4 Å². The largest absolute Gasteiger partial charge is 0.350 e. The maximum Gasteiger partial charge on any atom is 0.258 e. The van der Waals surface area contributed by atoms with Gasteiger partial charge in [-0.3, -0.25) is 4.79 Å². The van der Waals surface area contributed by atoms with Crippen molar-refractivity contribution in [2.24, 2.45) is 0 Å². The van der Waals surface area contributed by atoms with Crippen LogP contribution in [0.1, 0.15) is 21.5 Å². The lowest BCUT2D eigenvalue weighted by Crippen LogP contribution is -2.14. The summed E-state index contributed by atoms with van der Waals surface area (Å²) in [6.45, 7) is 2.12. The Balaban J connectivity index is 1.64. The van der Waals surface area contributed by atoms with Crippen LogP contribution >= 0.6 is 11.6 Å². The molecular weight excluding hydrogens is 355 g/mol. The highest BCUT2D eigenvalue weighted by molar-refractivity contribution is 6.31. The second kappa shape index (κ2) is 7.93. The van der Waals surface area contributed by atoms with Gasteiger partial charge in [0.1, 0.15) is 5.82 Å². The molecule has 0 atom stereocenters. The normalized spacial score (nSPS) is 10.4. The number of halogens is 2. The molecular formula is C19H16ClFN4O. The second-order valence-corrected chi connectivity index (χ2v) is 6.09. The molecule has 5 nitrogen and oxygen atoms in total. The summed E-state index contributed by atoms with van der Waals surface area (Å²) < 4.78 is 13.6. The summed E-state index contributed by atoms with van der Waals surface area (Å²) in [5, 5.41) is 6.24. The molecule has 7 heteroatoms. The number of aryl methyl sites for hydroxylation is 1. The molecule has 0 unspecified atom stereocenters. The fourth-order valence-corrected chi connectivity index (χ4v) is 2.45. The van der Waals surface area contributed by atoms with Gasteiger partial charge in [0.05, 0.1) is 5.56 Å². The van der Waals surface area contributed by atoms with Gasteiger partial charge in [0.2, 0.25) is 5.95 Å². The highest BCUT2D eigenvalue weighted by Gasteiger charge is 2.10. The Kier molecular flexibility index (Phi) is 5.43. The summed E-state index contributed by atoms with van der Waals surface area (Å²) in [5.74, 6) is -0.326. The molecule has 0 spiro atoms. The van der Waals surface area contributed by atoms with Crippen molar-refractivity contribution < 1.29 is 9.18 Å². The Morgan fingerprint density at radius 1 is 1.15 bits per heavy atom. The number of carbonyl (C=O) groups excluding carboxylic acids is 1. The van der Waals surface area contributed by atoms with E-state index in [4.69, 9.17) is 11.6 Å². The molecule has 3 aromatic rings. The van der Waals surface area contributed by atoms with Crippen molar-refractivity contribution >= 4 is 29.1 Å². The number of amides is 1. The quantitative estimate of drug-likeness (QED) is 0.696. The minimum atomic E-state index is -0.337. The van der Waals surface area contributed by atoms with Crippen molar-refractivity contribution in [3.05, 3.63) is 82.4 Å². The predicted molar refractivity (Wildman–Crippen MR) is 99.9 cm³/mol. The number of nitrogens with zero attached hydrogens (tertiary/aromatic N) is 2. The minimum Gasteiger partial charge on any atom is -0.350 e. The van der Waals surface area contributed by atoms with Gasteiger partial charge in [0, 0.05) is 35.2 Å². The number of rotatable bonds is 5. The van der Waals surface area contributed by atoms with Crippen LogP contribution in [0.3, 0.4) is 0 Å². The fraction of sp³-hybridized carbons (Fsp3) is 0.105. The molecule has 0 saturated carbocycles. The highest BCUT2D eigenvalue weighted by Crippen LogP contribution is 2.20. The number of benzene rings is 2. The molecule has 0 aliphatic rings. The second-order valence-electron chi connectivity index (χ2n) is 5.65. The van der Waals surface area contributed by atoms with Crippen LogP contribution < -0.4 is 10.6 Å². The van der Waals surface area contributed by atoms with Gasteiger partial charge < -0.3 is 10.6 Å². The number of carbonyl (C=O) groups is 1. The van der Waals surface area contributed by atoms with E-state index in [0.717, 1.165) is 5.56 Å². The van der Waals surface area contributed by atoms with E-state index in [1.165, 1.54) is 18.5 Å². The smallest absolute Gasteiger partial charge is 0.258 e. The molecule has 0 saturated heterocycles. The third kappa shape index (κ3) is 4.34. The summed E-state index contributed by atoms with van der Waals surface area (Å²) in [7, 11) is 0. The number of nitrogens with one attached hydrogen (secondary N) is 2. The van der Waals surface area contributed by atoms with Crippen molar-refractivity contribution in [2.75, 3.05) is 10.6 Å². The Hall–Kier alpha value is -2.99. The lowest BCUT2D eigenvalue weighted by Gasteiger charge is -2.09. The maximum absolute atomic E-state index is 13.6. The van der Waals surface area contributed by atoms with Crippen molar-refractivity contribution in [3.8, 4) is 0 Å². The molecule has 0 bridgehead atoms. The van der Waals surface area contributed by atoms with E-state index in [1.54, 1.807) is 30.3 Å². The Labute approximate surface area is 155 Å². The van der Waals surface area contributed by atoms with Crippen LogP contribution in [0.2, 0.25) is 5.02 Å². The average Bonchev–Trinajstić information content (AvgIpc) is 2.64. The van der Waals surface area contributed by atoms with Crippen molar-refractivity contribution in [1.29, 1.82) is 0 Å². The predicted octanol–water partition coefficient (Wildman–Crippen LogP) is 4.44.